The largest absolute Gasteiger partial charge is 0.416 e. The monoisotopic (exact) mass is 623 g/mol. The van der Waals surface area contributed by atoms with Crippen LogP contribution in [0.4, 0.5) is 39.5 Å². The Labute approximate surface area is 239 Å². The number of alkyl halides is 9. The molecular formula is C28H26F9N3O3. The average molecular weight is 624 g/mol. The van der Waals surface area contributed by atoms with Crippen LogP contribution in [0.5, 0.6) is 0 Å². The molecule has 0 fully saturated rings. The van der Waals surface area contributed by atoms with Crippen molar-refractivity contribution >= 4 is 23.3 Å². The van der Waals surface area contributed by atoms with Crippen LogP contribution in [-0.2, 0) is 27.0 Å². The highest BCUT2D eigenvalue weighted by Crippen LogP contribution is 2.36. The zero-order valence-electron chi connectivity index (χ0n) is 22.5. The number of carbonyl (C=O) groups excluding carboxylic acids is 3. The lowest BCUT2D eigenvalue weighted by Crippen LogP contribution is -2.47. The van der Waals surface area contributed by atoms with Crippen molar-refractivity contribution in [3.05, 3.63) is 70.3 Å². The third-order valence-corrected chi connectivity index (χ3v) is 6.89. The van der Waals surface area contributed by atoms with Gasteiger partial charge in [-0.25, -0.2) is 0 Å². The van der Waals surface area contributed by atoms with Crippen molar-refractivity contribution in [1.82, 2.24) is 5.32 Å². The van der Waals surface area contributed by atoms with E-state index in [1.807, 2.05) is 0 Å². The van der Waals surface area contributed by atoms with Gasteiger partial charge in [0, 0.05) is 42.2 Å². The molecule has 0 saturated heterocycles. The maximum Gasteiger partial charge on any atom is 0.416 e. The Balaban J connectivity index is 2.08. The fraction of sp³-hybridized carbons (Fsp3) is 0.429. The van der Waals surface area contributed by atoms with Gasteiger partial charge in [-0.2, -0.15) is 39.5 Å². The van der Waals surface area contributed by atoms with Crippen LogP contribution in [0.2, 0.25) is 0 Å². The molecule has 0 saturated carbocycles. The van der Waals surface area contributed by atoms with Crippen LogP contribution in [0.3, 0.4) is 0 Å². The molecule has 0 spiro atoms. The van der Waals surface area contributed by atoms with Crippen molar-refractivity contribution in [1.29, 1.82) is 0 Å². The lowest BCUT2D eigenvalue weighted by atomic mass is 9.83. The van der Waals surface area contributed by atoms with E-state index < -0.39 is 97.4 Å². The minimum Gasteiger partial charge on any atom is -0.369 e. The molecule has 2 aromatic carbocycles. The van der Waals surface area contributed by atoms with Crippen LogP contribution in [0, 0.1) is 18.8 Å². The second kappa shape index (κ2) is 12.8. The molecule has 0 radical (unpaired) electrons. The molecule has 3 rings (SSSR count). The number of hydrogen-bond donors (Lipinski definition) is 2. The van der Waals surface area contributed by atoms with Gasteiger partial charge in [-0.3, -0.25) is 19.4 Å². The fourth-order valence-corrected chi connectivity index (χ4v) is 4.88. The highest BCUT2D eigenvalue weighted by atomic mass is 19.4. The van der Waals surface area contributed by atoms with Gasteiger partial charge in [-0.15, -0.1) is 0 Å². The number of aryl methyl sites for hydroxylation is 1. The lowest BCUT2D eigenvalue weighted by molar-refractivity contribution is -0.152. The zero-order valence-corrected chi connectivity index (χ0v) is 22.5. The fourth-order valence-electron chi connectivity index (χ4n) is 4.88. The first-order valence-corrected chi connectivity index (χ1v) is 12.9. The second-order valence-corrected chi connectivity index (χ2v) is 10.2. The molecule has 43 heavy (non-hydrogen) atoms. The van der Waals surface area contributed by atoms with E-state index in [1.54, 1.807) is 25.1 Å². The van der Waals surface area contributed by atoms with Gasteiger partial charge in [0.2, 0.25) is 11.8 Å². The van der Waals surface area contributed by atoms with E-state index in [2.05, 4.69) is 10.3 Å². The van der Waals surface area contributed by atoms with Gasteiger partial charge < -0.3 is 11.1 Å². The Morgan fingerprint density at radius 1 is 0.930 bits per heavy atom. The van der Waals surface area contributed by atoms with Gasteiger partial charge in [0.05, 0.1) is 11.3 Å². The number of fused-ring (bicyclic) bond motifs is 1. The summed E-state index contributed by atoms with van der Waals surface area (Å²) < 4.78 is 120. The molecule has 3 N–H and O–H groups in total. The summed E-state index contributed by atoms with van der Waals surface area (Å²) >= 11 is 0. The number of halogens is 9. The first-order chi connectivity index (χ1) is 19.8. The van der Waals surface area contributed by atoms with E-state index >= 15 is 0 Å². The molecule has 0 bridgehead atoms. The van der Waals surface area contributed by atoms with E-state index in [0.717, 1.165) is 12.1 Å². The highest BCUT2D eigenvalue weighted by Gasteiger charge is 2.42. The van der Waals surface area contributed by atoms with Crippen molar-refractivity contribution in [2.24, 2.45) is 22.6 Å². The van der Waals surface area contributed by atoms with Crippen molar-refractivity contribution in [2.75, 3.05) is 0 Å². The third-order valence-electron chi connectivity index (χ3n) is 6.89. The number of nitrogens with two attached hydrogens (primary N) is 1. The Bertz CT molecular complexity index is 1400. The highest BCUT2D eigenvalue weighted by molar-refractivity contribution is 6.16. The Kier molecular flexibility index (Phi) is 9.97. The molecule has 6 nitrogen and oxygen atoms in total. The SMILES string of the molecule is Cc1cccc(C2=N[C@H](NC(=O)[C@H](CCC(F)(F)F)[C@H](CCC(F)(F)F)C(N)=O)C(=O)Cc3c2cccc3C(F)(F)F)c1. The van der Waals surface area contributed by atoms with Gasteiger partial charge in [-0.1, -0.05) is 35.9 Å². The predicted octanol–water partition coefficient (Wildman–Crippen LogP) is 5.82. The number of hydrogen-bond acceptors (Lipinski definition) is 4. The number of rotatable bonds is 9. The first kappa shape index (κ1) is 33.6. The first-order valence-electron chi connectivity index (χ1n) is 12.9. The Hall–Kier alpha value is -3.91. The quantitative estimate of drug-likeness (QED) is 0.344. The lowest BCUT2D eigenvalue weighted by Gasteiger charge is -2.26. The summed E-state index contributed by atoms with van der Waals surface area (Å²) in [7, 11) is 0. The number of benzene rings is 2. The molecule has 234 valence electrons. The standard InChI is InChI=1S/C28H26F9N3O3/c1-14-4-2-5-15(12-14)22-16-6-3-7-20(28(35,36)37)19(16)13-21(41)24(39-22)40-25(43)18(9-11-27(32,33)34)17(23(38)42)8-10-26(29,30)31/h2-7,12,17-18,24H,8-11,13H2,1H3,(H2,38,42)(H,40,43)/t17-,18+,24+/m0/s1. The van der Waals surface area contributed by atoms with Gasteiger partial charge >= 0.3 is 18.5 Å². The molecule has 3 atom stereocenters. The van der Waals surface area contributed by atoms with Crippen molar-refractivity contribution in [2.45, 2.75) is 63.7 Å². The van der Waals surface area contributed by atoms with Gasteiger partial charge in [0.1, 0.15) is 0 Å². The Morgan fingerprint density at radius 3 is 2.05 bits per heavy atom. The number of amides is 2. The van der Waals surface area contributed by atoms with E-state index in [1.165, 1.54) is 12.1 Å². The summed E-state index contributed by atoms with van der Waals surface area (Å²) in [5, 5.41) is 2.07. The van der Waals surface area contributed by atoms with E-state index in [9.17, 15) is 53.9 Å². The topological polar surface area (TPSA) is 102 Å². The summed E-state index contributed by atoms with van der Waals surface area (Å²) in [5.41, 5.74) is 4.28. The summed E-state index contributed by atoms with van der Waals surface area (Å²) in [4.78, 5) is 42.8. The van der Waals surface area contributed by atoms with Gasteiger partial charge in [0.15, 0.2) is 11.9 Å². The number of primary amides is 1. The Morgan fingerprint density at radius 2 is 1.51 bits per heavy atom. The normalized spacial score (nSPS) is 17.4. The molecule has 1 heterocycles. The maximum absolute atomic E-state index is 13.9. The number of nitrogens with zero attached hydrogens (tertiary/aromatic N) is 1. The van der Waals surface area contributed by atoms with Crippen molar-refractivity contribution in [3.8, 4) is 0 Å². The molecule has 0 unspecified atom stereocenters. The number of nitrogens with one attached hydrogen (secondary N) is 1. The molecule has 2 amide bonds. The van der Waals surface area contributed by atoms with Crippen LogP contribution in [0.15, 0.2) is 47.5 Å². The zero-order chi connectivity index (χ0) is 32.3. The van der Waals surface area contributed by atoms with Crippen LogP contribution >= 0.6 is 0 Å². The second-order valence-electron chi connectivity index (χ2n) is 10.2. The number of carbonyl (C=O) groups is 3. The summed E-state index contributed by atoms with van der Waals surface area (Å²) in [6.07, 6.45) is -23.0. The van der Waals surface area contributed by atoms with Gasteiger partial charge in [0.25, 0.3) is 0 Å². The van der Waals surface area contributed by atoms with E-state index in [4.69, 9.17) is 5.73 Å². The number of Topliss-reactive ketones (excluding diaryl/α,β-unsaturated/α-hetero) is 1. The molecule has 0 aliphatic carbocycles. The molecule has 2 aromatic rings. The third kappa shape index (κ3) is 9.04. The minimum absolute atomic E-state index is 0.0839. The summed E-state index contributed by atoms with van der Waals surface area (Å²) in [6, 6.07) is 9.41. The smallest absolute Gasteiger partial charge is 0.369 e. The van der Waals surface area contributed by atoms with Crippen molar-refractivity contribution < 1.29 is 53.9 Å². The molecule has 15 heteroatoms. The van der Waals surface area contributed by atoms with Gasteiger partial charge in [-0.05, 0) is 37.5 Å². The maximum atomic E-state index is 13.9. The van der Waals surface area contributed by atoms with E-state index in [-0.39, 0.29) is 16.8 Å². The summed E-state index contributed by atoms with van der Waals surface area (Å²) in [6.45, 7) is 1.67. The average Bonchev–Trinajstić information content (AvgIpc) is 2.99. The van der Waals surface area contributed by atoms with Crippen LogP contribution in [0.25, 0.3) is 0 Å². The molecule has 1 aliphatic heterocycles. The minimum atomic E-state index is -4.89. The summed E-state index contributed by atoms with van der Waals surface area (Å²) in [5.74, 6) is -8.02. The molecule has 0 aromatic heterocycles. The van der Waals surface area contributed by atoms with Crippen molar-refractivity contribution in [3.63, 3.8) is 0 Å². The van der Waals surface area contributed by atoms with Crippen LogP contribution < -0.4 is 11.1 Å². The number of aliphatic imine (C=N–C) groups is 1. The molecule has 1 aliphatic rings. The number of ketones is 1. The van der Waals surface area contributed by atoms with E-state index in [0.29, 0.717) is 5.56 Å². The predicted molar refractivity (Wildman–Crippen MR) is 136 cm³/mol. The van der Waals surface area contributed by atoms with Crippen LogP contribution in [0.1, 0.15) is 53.5 Å². The molecular weight excluding hydrogens is 597 g/mol. The van der Waals surface area contributed by atoms with Crippen LogP contribution in [-0.4, -0.2) is 41.8 Å².